The lowest BCUT2D eigenvalue weighted by Gasteiger charge is -2.05. The van der Waals surface area contributed by atoms with Crippen LogP contribution in [0.25, 0.3) is 11.3 Å². The minimum Gasteiger partial charge on any atom is -0.347 e. The van der Waals surface area contributed by atoms with E-state index in [-0.39, 0.29) is 5.78 Å². The molecule has 3 aromatic heterocycles. The average Bonchev–Trinajstić information content (AvgIpc) is 3.20. The van der Waals surface area contributed by atoms with Crippen LogP contribution in [-0.4, -0.2) is 20.3 Å². The number of thiazole rings is 2. The van der Waals surface area contributed by atoms with Crippen molar-refractivity contribution in [2.45, 2.75) is 19.8 Å². The third-order valence-corrected chi connectivity index (χ3v) is 5.25. The van der Waals surface area contributed by atoms with E-state index in [9.17, 15) is 10.1 Å². The minimum atomic E-state index is -0.868. The van der Waals surface area contributed by atoms with Crippen molar-refractivity contribution in [1.29, 1.82) is 5.26 Å². The van der Waals surface area contributed by atoms with Crippen molar-refractivity contribution >= 4 is 28.5 Å². The average molecular weight is 342 g/mol. The van der Waals surface area contributed by atoms with Gasteiger partial charge >= 0.3 is 0 Å². The highest BCUT2D eigenvalue weighted by Gasteiger charge is 2.27. The smallest absolute Gasteiger partial charge is 0.203 e. The van der Waals surface area contributed by atoms with Gasteiger partial charge in [0.2, 0.25) is 5.78 Å². The first-order chi connectivity index (χ1) is 11.0. The summed E-state index contributed by atoms with van der Waals surface area (Å²) in [5.41, 5.74) is 3.04. The van der Waals surface area contributed by atoms with Gasteiger partial charge in [-0.2, -0.15) is 5.26 Å². The molecule has 0 spiro atoms. The summed E-state index contributed by atoms with van der Waals surface area (Å²) in [5.74, 6) is -1.10. The number of aromatic nitrogens is 3. The first-order valence-electron chi connectivity index (χ1n) is 6.94. The molecule has 23 heavy (non-hydrogen) atoms. The molecule has 0 fully saturated rings. The Balaban J connectivity index is 1.96. The fourth-order valence-electron chi connectivity index (χ4n) is 2.32. The lowest BCUT2D eigenvalue weighted by molar-refractivity contribution is 0.0971. The number of carbonyl (C=O) groups excluding carboxylic acids is 1. The van der Waals surface area contributed by atoms with E-state index in [2.05, 4.69) is 16.0 Å². The largest absolute Gasteiger partial charge is 0.347 e. The second kappa shape index (κ2) is 6.07. The van der Waals surface area contributed by atoms with Crippen molar-refractivity contribution < 1.29 is 4.79 Å². The van der Waals surface area contributed by atoms with E-state index in [0.717, 1.165) is 22.0 Å². The lowest BCUT2D eigenvalue weighted by Crippen LogP contribution is -2.14. The van der Waals surface area contributed by atoms with Gasteiger partial charge in [-0.05, 0) is 19.9 Å². The number of Topliss-reactive ketones (excluding diaryl/α,β-unsaturated/α-hetero) is 1. The molecule has 0 aliphatic heterocycles. The van der Waals surface area contributed by atoms with E-state index < -0.39 is 5.92 Å². The van der Waals surface area contributed by atoms with E-state index >= 15 is 0 Å². The predicted molar refractivity (Wildman–Crippen MR) is 90.8 cm³/mol. The molecule has 3 rings (SSSR count). The maximum atomic E-state index is 12.8. The van der Waals surface area contributed by atoms with Crippen molar-refractivity contribution in [1.82, 2.24) is 14.5 Å². The molecule has 1 unspecified atom stereocenters. The molecule has 7 heteroatoms. The van der Waals surface area contributed by atoms with Gasteiger partial charge in [-0.25, -0.2) is 9.97 Å². The molecule has 0 saturated heterocycles. The second-order valence-corrected chi connectivity index (χ2v) is 7.18. The Hall–Kier alpha value is -2.30. The van der Waals surface area contributed by atoms with Gasteiger partial charge in [0.1, 0.15) is 5.01 Å². The molecule has 0 aromatic carbocycles. The van der Waals surface area contributed by atoms with Gasteiger partial charge < -0.3 is 4.57 Å². The Bertz CT molecular complexity index is 913. The zero-order valence-electron chi connectivity index (χ0n) is 12.9. The third kappa shape index (κ3) is 2.96. The summed E-state index contributed by atoms with van der Waals surface area (Å²) in [6.45, 7) is 3.80. The number of nitriles is 1. The van der Waals surface area contributed by atoms with Crippen LogP contribution in [0.5, 0.6) is 0 Å². The Morgan fingerprint density at radius 3 is 2.65 bits per heavy atom. The fraction of sp³-hybridized carbons (Fsp3) is 0.250. The zero-order chi connectivity index (χ0) is 16.6. The number of hydrogen-bond acceptors (Lipinski definition) is 6. The molecule has 1 atom stereocenters. The fourth-order valence-corrected chi connectivity index (χ4v) is 3.78. The van der Waals surface area contributed by atoms with Crippen LogP contribution in [-0.2, 0) is 7.05 Å². The van der Waals surface area contributed by atoms with Crippen molar-refractivity contribution in [3.8, 4) is 17.3 Å². The normalized spacial score (nSPS) is 12.1. The molecule has 3 heterocycles. The van der Waals surface area contributed by atoms with Crippen LogP contribution in [0.4, 0.5) is 0 Å². The van der Waals surface area contributed by atoms with Crippen molar-refractivity contribution in [2.75, 3.05) is 0 Å². The molecule has 0 saturated carbocycles. The topological polar surface area (TPSA) is 71.6 Å². The highest BCUT2D eigenvalue weighted by atomic mass is 32.1. The van der Waals surface area contributed by atoms with Gasteiger partial charge in [0, 0.05) is 35.3 Å². The molecule has 0 radical (unpaired) electrons. The van der Waals surface area contributed by atoms with Crippen LogP contribution in [0, 0.1) is 25.2 Å². The Kier molecular flexibility index (Phi) is 4.11. The summed E-state index contributed by atoms with van der Waals surface area (Å²) in [7, 11) is 1.80. The summed E-state index contributed by atoms with van der Waals surface area (Å²) in [6.07, 6.45) is 1.86. The number of rotatable bonds is 4. The maximum absolute atomic E-state index is 12.8. The first-order valence-corrected chi connectivity index (χ1v) is 8.70. The van der Waals surface area contributed by atoms with E-state index in [4.69, 9.17) is 0 Å². The van der Waals surface area contributed by atoms with Crippen LogP contribution in [0.15, 0.2) is 23.0 Å². The first kappa shape index (κ1) is 15.6. The van der Waals surface area contributed by atoms with E-state index in [1.165, 1.54) is 11.3 Å². The number of nitrogens with zero attached hydrogens (tertiary/aromatic N) is 4. The standard InChI is InChI=1S/C16H14N4OS2/c1-9-7-23-16(18-9)12(5-17)15(21)14-4-11(6-20(14)3)13-8-22-10(2)19-13/h4,6-8,12H,1-3H3. The quantitative estimate of drug-likeness (QED) is 0.678. The monoisotopic (exact) mass is 342 g/mol. The summed E-state index contributed by atoms with van der Waals surface area (Å²) in [5, 5.41) is 14.7. The van der Waals surface area contributed by atoms with Gasteiger partial charge in [-0.3, -0.25) is 4.79 Å². The third-order valence-electron chi connectivity index (χ3n) is 3.45. The van der Waals surface area contributed by atoms with Crippen molar-refractivity contribution in [3.05, 3.63) is 44.4 Å². The molecular weight excluding hydrogens is 328 g/mol. The molecule has 0 N–H and O–H groups in total. The van der Waals surface area contributed by atoms with Crippen LogP contribution >= 0.6 is 22.7 Å². The molecule has 5 nitrogen and oxygen atoms in total. The van der Waals surface area contributed by atoms with E-state index in [1.807, 2.05) is 30.8 Å². The Morgan fingerprint density at radius 1 is 1.30 bits per heavy atom. The number of hydrogen-bond donors (Lipinski definition) is 0. The van der Waals surface area contributed by atoms with E-state index in [0.29, 0.717) is 10.7 Å². The summed E-state index contributed by atoms with van der Waals surface area (Å²) in [4.78, 5) is 21.5. The van der Waals surface area contributed by atoms with Crippen LogP contribution in [0.1, 0.15) is 32.1 Å². The molecule has 3 aromatic rings. The van der Waals surface area contributed by atoms with Gasteiger partial charge in [-0.1, -0.05) is 0 Å². The summed E-state index contributed by atoms with van der Waals surface area (Å²) >= 11 is 2.91. The zero-order valence-corrected chi connectivity index (χ0v) is 14.5. The van der Waals surface area contributed by atoms with Crippen molar-refractivity contribution in [2.24, 2.45) is 7.05 Å². The number of ketones is 1. The minimum absolute atomic E-state index is 0.234. The molecule has 0 aliphatic carbocycles. The van der Waals surface area contributed by atoms with Crippen LogP contribution in [0.2, 0.25) is 0 Å². The predicted octanol–water partition coefficient (Wildman–Crippen LogP) is 3.71. The van der Waals surface area contributed by atoms with Crippen LogP contribution < -0.4 is 0 Å². The highest BCUT2D eigenvalue weighted by Crippen LogP contribution is 2.28. The Morgan fingerprint density at radius 2 is 2.09 bits per heavy atom. The van der Waals surface area contributed by atoms with Crippen molar-refractivity contribution in [3.63, 3.8) is 0 Å². The SMILES string of the molecule is Cc1csc(C(C#N)C(=O)c2cc(-c3csc(C)n3)cn2C)n1. The van der Waals surface area contributed by atoms with Gasteiger partial charge in [0.15, 0.2) is 5.92 Å². The highest BCUT2D eigenvalue weighted by molar-refractivity contribution is 7.10. The maximum Gasteiger partial charge on any atom is 0.203 e. The molecule has 0 amide bonds. The summed E-state index contributed by atoms with van der Waals surface area (Å²) in [6, 6.07) is 3.88. The molecule has 0 bridgehead atoms. The van der Waals surface area contributed by atoms with Crippen LogP contribution in [0.3, 0.4) is 0 Å². The number of carbonyl (C=O) groups is 1. The van der Waals surface area contributed by atoms with Gasteiger partial charge in [0.05, 0.1) is 22.5 Å². The molecule has 0 aliphatic rings. The van der Waals surface area contributed by atoms with Gasteiger partial charge in [0.25, 0.3) is 0 Å². The lowest BCUT2D eigenvalue weighted by atomic mass is 10.0. The molecular formula is C16H14N4OS2. The number of aryl methyl sites for hydroxylation is 3. The summed E-state index contributed by atoms with van der Waals surface area (Å²) < 4.78 is 1.75. The molecule has 116 valence electrons. The van der Waals surface area contributed by atoms with Gasteiger partial charge in [-0.15, -0.1) is 22.7 Å². The Labute approximate surface area is 141 Å². The second-order valence-electron chi connectivity index (χ2n) is 5.23. The van der Waals surface area contributed by atoms with E-state index in [1.54, 1.807) is 29.0 Å².